The normalized spacial score (nSPS) is 14.6. The van der Waals surface area contributed by atoms with Gasteiger partial charge >= 0.3 is 0 Å². The third kappa shape index (κ3) is 10.3. The Morgan fingerprint density at radius 2 is 1.13 bits per heavy atom. The Kier molecular flexibility index (Phi) is 12.4. The lowest BCUT2D eigenvalue weighted by atomic mass is 10.0. The van der Waals surface area contributed by atoms with E-state index >= 15 is 0 Å². The standard InChI is InChI=1S/C33H46O5Si/c1-33(2,3)39(4,5)38-31(26-35-23-27-15-9-6-10-16-27)32(37-25-29-19-13-8-14-20-29)30(21-22-34)36-24-28-17-11-7-12-18-28/h6-20,30-32,34H,21-26H2,1-5H3/t30-,31-,32+/m1/s1. The minimum absolute atomic E-state index is 0.00598. The van der Waals surface area contributed by atoms with Gasteiger partial charge in [-0.3, -0.25) is 0 Å². The molecular weight excluding hydrogens is 504 g/mol. The Morgan fingerprint density at radius 3 is 1.59 bits per heavy atom. The van der Waals surface area contributed by atoms with Gasteiger partial charge in [0.25, 0.3) is 0 Å². The Hall–Kier alpha value is -2.32. The van der Waals surface area contributed by atoms with E-state index in [2.05, 4.69) is 58.1 Å². The molecule has 5 nitrogen and oxygen atoms in total. The fourth-order valence-electron chi connectivity index (χ4n) is 4.09. The van der Waals surface area contributed by atoms with Crippen LogP contribution in [-0.4, -0.2) is 44.9 Å². The van der Waals surface area contributed by atoms with E-state index in [-0.39, 0.29) is 23.9 Å². The van der Waals surface area contributed by atoms with Crippen molar-refractivity contribution in [2.24, 2.45) is 0 Å². The first-order valence-electron chi connectivity index (χ1n) is 13.9. The molecule has 6 heteroatoms. The molecule has 0 spiro atoms. The van der Waals surface area contributed by atoms with Gasteiger partial charge in [0.15, 0.2) is 8.32 Å². The van der Waals surface area contributed by atoms with Crippen molar-refractivity contribution in [2.75, 3.05) is 13.2 Å². The van der Waals surface area contributed by atoms with Crippen LogP contribution in [0.5, 0.6) is 0 Å². The third-order valence-corrected chi connectivity index (χ3v) is 11.9. The Labute approximate surface area is 236 Å². The van der Waals surface area contributed by atoms with Gasteiger partial charge in [0, 0.05) is 6.61 Å². The molecule has 0 amide bonds. The number of ether oxygens (including phenoxy) is 3. The molecule has 3 aromatic carbocycles. The fourth-order valence-corrected chi connectivity index (χ4v) is 5.40. The average Bonchev–Trinajstić information content (AvgIpc) is 2.92. The maximum atomic E-state index is 10.0. The summed E-state index contributed by atoms with van der Waals surface area (Å²) in [5, 5.41) is 10.0. The summed E-state index contributed by atoms with van der Waals surface area (Å²) < 4.78 is 26.4. The van der Waals surface area contributed by atoms with Crippen LogP contribution < -0.4 is 0 Å². The monoisotopic (exact) mass is 550 g/mol. The van der Waals surface area contributed by atoms with E-state index in [1.54, 1.807) is 0 Å². The molecular formula is C33H46O5Si. The molecule has 0 saturated heterocycles. The van der Waals surface area contributed by atoms with Gasteiger partial charge in [-0.1, -0.05) is 112 Å². The molecule has 0 aromatic heterocycles. The van der Waals surface area contributed by atoms with Gasteiger partial charge in [-0.05, 0) is 41.2 Å². The number of rotatable bonds is 16. The zero-order valence-electron chi connectivity index (χ0n) is 24.2. The second-order valence-electron chi connectivity index (χ2n) is 11.5. The van der Waals surface area contributed by atoms with Crippen LogP contribution in [0.15, 0.2) is 91.0 Å². The lowest BCUT2D eigenvalue weighted by Gasteiger charge is -2.42. The highest BCUT2D eigenvalue weighted by molar-refractivity contribution is 6.74. The molecule has 0 bridgehead atoms. The smallest absolute Gasteiger partial charge is 0.192 e. The van der Waals surface area contributed by atoms with Crippen LogP contribution in [0.25, 0.3) is 0 Å². The predicted octanol–water partition coefficient (Wildman–Crippen LogP) is 7.15. The zero-order chi connectivity index (χ0) is 28.1. The summed E-state index contributed by atoms with van der Waals surface area (Å²) in [6, 6.07) is 30.4. The van der Waals surface area contributed by atoms with E-state index in [1.807, 2.05) is 66.7 Å². The Morgan fingerprint density at radius 1 is 0.667 bits per heavy atom. The molecule has 0 heterocycles. The van der Waals surface area contributed by atoms with Gasteiger partial charge < -0.3 is 23.7 Å². The minimum Gasteiger partial charge on any atom is -0.409 e. The minimum atomic E-state index is -2.20. The second kappa shape index (κ2) is 15.5. The molecule has 3 atom stereocenters. The number of hydrogen-bond acceptors (Lipinski definition) is 5. The van der Waals surface area contributed by atoms with E-state index in [0.717, 1.165) is 16.7 Å². The molecule has 39 heavy (non-hydrogen) atoms. The number of benzene rings is 3. The zero-order valence-corrected chi connectivity index (χ0v) is 25.2. The first-order valence-corrected chi connectivity index (χ1v) is 16.8. The summed E-state index contributed by atoms with van der Waals surface area (Å²) in [5.41, 5.74) is 3.26. The molecule has 0 fully saturated rings. The lowest BCUT2D eigenvalue weighted by Crippen LogP contribution is -2.52. The van der Waals surface area contributed by atoms with Crippen molar-refractivity contribution in [3.8, 4) is 0 Å². The van der Waals surface area contributed by atoms with E-state index in [0.29, 0.717) is 32.8 Å². The van der Waals surface area contributed by atoms with Gasteiger partial charge in [0.05, 0.1) is 38.6 Å². The van der Waals surface area contributed by atoms with Crippen LogP contribution in [0.2, 0.25) is 18.1 Å². The van der Waals surface area contributed by atoms with E-state index < -0.39 is 14.4 Å². The molecule has 3 aromatic rings. The Balaban J connectivity index is 1.88. The van der Waals surface area contributed by atoms with Crippen LogP contribution in [0, 0.1) is 0 Å². The van der Waals surface area contributed by atoms with Crippen molar-refractivity contribution in [1.82, 2.24) is 0 Å². The maximum absolute atomic E-state index is 10.0. The summed E-state index contributed by atoms with van der Waals surface area (Å²) in [4.78, 5) is 0. The molecule has 1 N–H and O–H groups in total. The molecule has 212 valence electrons. The topological polar surface area (TPSA) is 57.2 Å². The van der Waals surface area contributed by atoms with Crippen LogP contribution in [0.1, 0.15) is 43.9 Å². The summed E-state index contributed by atoms with van der Waals surface area (Å²) in [6.07, 6.45) is -0.756. The molecule has 0 aliphatic carbocycles. The van der Waals surface area contributed by atoms with Crippen LogP contribution in [0.4, 0.5) is 0 Å². The predicted molar refractivity (Wildman–Crippen MR) is 160 cm³/mol. The highest BCUT2D eigenvalue weighted by Gasteiger charge is 2.43. The molecule has 3 rings (SSSR count). The first kappa shape index (κ1) is 31.2. The van der Waals surface area contributed by atoms with Gasteiger partial charge in [0.2, 0.25) is 0 Å². The van der Waals surface area contributed by atoms with Crippen molar-refractivity contribution in [1.29, 1.82) is 0 Å². The molecule has 0 unspecified atom stereocenters. The highest BCUT2D eigenvalue weighted by Crippen LogP contribution is 2.38. The van der Waals surface area contributed by atoms with Crippen molar-refractivity contribution >= 4 is 8.32 Å². The second-order valence-corrected chi connectivity index (χ2v) is 16.3. The summed E-state index contributed by atoms with van der Waals surface area (Å²) >= 11 is 0. The molecule has 0 saturated carbocycles. The van der Waals surface area contributed by atoms with Crippen molar-refractivity contribution in [2.45, 2.75) is 83.5 Å². The SMILES string of the molecule is CC(C)(C)[Si](C)(C)O[C@H](COCc1ccccc1)[C@@H](OCc1ccccc1)[C@@H](CCO)OCc1ccccc1. The quantitative estimate of drug-likeness (QED) is 0.192. The number of aliphatic hydroxyl groups is 1. The Bertz CT molecular complexity index is 1050. The molecule has 0 radical (unpaired) electrons. The maximum Gasteiger partial charge on any atom is 0.192 e. The van der Waals surface area contributed by atoms with Gasteiger partial charge in [-0.2, -0.15) is 0 Å². The summed E-state index contributed by atoms with van der Waals surface area (Å²) in [5.74, 6) is 0. The van der Waals surface area contributed by atoms with Gasteiger partial charge in [-0.15, -0.1) is 0 Å². The average molecular weight is 551 g/mol. The third-order valence-electron chi connectivity index (χ3n) is 7.38. The summed E-state index contributed by atoms with van der Waals surface area (Å²) in [6.45, 7) is 12.9. The van der Waals surface area contributed by atoms with E-state index in [4.69, 9.17) is 18.6 Å². The molecule has 0 aliphatic heterocycles. The highest BCUT2D eigenvalue weighted by atomic mass is 28.4. The van der Waals surface area contributed by atoms with E-state index in [9.17, 15) is 5.11 Å². The van der Waals surface area contributed by atoms with Crippen molar-refractivity contribution in [3.63, 3.8) is 0 Å². The van der Waals surface area contributed by atoms with Crippen molar-refractivity contribution in [3.05, 3.63) is 108 Å². The van der Waals surface area contributed by atoms with Gasteiger partial charge in [0.1, 0.15) is 6.10 Å². The van der Waals surface area contributed by atoms with Crippen LogP contribution in [0.3, 0.4) is 0 Å². The fraction of sp³-hybridized carbons (Fsp3) is 0.455. The van der Waals surface area contributed by atoms with Crippen LogP contribution >= 0.6 is 0 Å². The van der Waals surface area contributed by atoms with Crippen LogP contribution in [-0.2, 0) is 38.5 Å². The summed E-state index contributed by atoms with van der Waals surface area (Å²) in [7, 11) is -2.20. The number of aliphatic hydroxyl groups excluding tert-OH is 1. The number of hydrogen-bond donors (Lipinski definition) is 1. The molecule has 0 aliphatic rings. The van der Waals surface area contributed by atoms with E-state index in [1.165, 1.54) is 0 Å². The van der Waals surface area contributed by atoms with Gasteiger partial charge in [-0.25, -0.2) is 0 Å². The lowest BCUT2D eigenvalue weighted by molar-refractivity contribution is -0.147. The first-order chi connectivity index (χ1) is 18.7. The largest absolute Gasteiger partial charge is 0.409 e. The van der Waals surface area contributed by atoms with Crippen molar-refractivity contribution < 1.29 is 23.7 Å².